The summed E-state index contributed by atoms with van der Waals surface area (Å²) in [5.41, 5.74) is 9.46. The Morgan fingerprint density at radius 1 is 0.632 bits per heavy atom. The molecule has 0 unspecified atom stereocenters. The van der Waals surface area contributed by atoms with Crippen molar-refractivity contribution in [1.29, 1.82) is 0 Å². The molecule has 2 N–H and O–H groups in total. The van der Waals surface area contributed by atoms with Gasteiger partial charge in [0.1, 0.15) is 0 Å². The summed E-state index contributed by atoms with van der Waals surface area (Å²) in [6, 6.07) is 19.6. The first-order valence-electron chi connectivity index (χ1n) is 13.5. The Bertz CT molecular complexity index is 989. The molecule has 7 heteroatoms. The second-order valence-corrected chi connectivity index (χ2v) is 9.12. The van der Waals surface area contributed by atoms with Crippen LogP contribution in [0.4, 0.5) is 11.4 Å². The van der Waals surface area contributed by atoms with Crippen LogP contribution in [0.2, 0.25) is 0 Å². The fourth-order valence-electron chi connectivity index (χ4n) is 4.79. The van der Waals surface area contributed by atoms with E-state index in [-0.39, 0.29) is 50.7 Å². The van der Waals surface area contributed by atoms with Gasteiger partial charge in [-0.2, -0.15) is 0 Å². The van der Waals surface area contributed by atoms with Crippen LogP contribution in [0.15, 0.2) is 60.8 Å². The van der Waals surface area contributed by atoms with E-state index in [0.29, 0.717) is 0 Å². The van der Waals surface area contributed by atoms with Crippen LogP contribution in [0, 0.1) is 0 Å². The number of rotatable bonds is 15. The maximum atomic E-state index is 4.58. The molecule has 0 aliphatic heterocycles. The van der Waals surface area contributed by atoms with Gasteiger partial charge in [-0.1, -0.05) is 70.2 Å². The number of benzene rings is 2. The molecule has 2 aromatic carbocycles. The van der Waals surface area contributed by atoms with Crippen molar-refractivity contribution in [1.82, 2.24) is 9.88 Å². The Hall–Kier alpha value is -1.38. The molecule has 0 saturated carbocycles. The van der Waals surface area contributed by atoms with Crippen LogP contribution in [0.3, 0.4) is 0 Å². The number of aryl methyl sites for hydroxylation is 4. The molecule has 3 rings (SSSR count). The van der Waals surface area contributed by atoms with Gasteiger partial charge in [0.25, 0.3) is 0 Å². The molecular formula is C31H44Br2CoN4. The van der Waals surface area contributed by atoms with Gasteiger partial charge in [0, 0.05) is 50.3 Å². The summed E-state index contributed by atoms with van der Waals surface area (Å²) in [7, 11) is 0. The molecule has 0 aliphatic rings. The van der Waals surface area contributed by atoms with Crippen LogP contribution >= 0.6 is 0 Å². The van der Waals surface area contributed by atoms with Gasteiger partial charge in [-0.15, -0.1) is 0 Å². The van der Waals surface area contributed by atoms with Crippen LogP contribution < -0.4 is 44.6 Å². The normalized spacial score (nSPS) is 10.2. The third-order valence-corrected chi connectivity index (χ3v) is 6.79. The maximum absolute atomic E-state index is 4.58. The summed E-state index contributed by atoms with van der Waals surface area (Å²) < 4.78 is 0. The number of hydrogen-bond acceptors (Lipinski definition) is 4. The van der Waals surface area contributed by atoms with Crippen molar-refractivity contribution < 1.29 is 50.7 Å². The van der Waals surface area contributed by atoms with Gasteiger partial charge in [0.15, 0.2) is 0 Å². The fourth-order valence-corrected chi connectivity index (χ4v) is 4.79. The average Bonchev–Trinajstić information content (AvgIpc) is 2.91. The molecule has 3 aromatic rings. The third-order valence-electron chi connectivity index (χ3n) is 6.79. The van der Waals surface area contributed by atoms with Crippen molar-refractivity contribution in [3.63, 3.8) is 0 Å². The largest absolute Gasteiger partial charge is 2.00 e. The fraction of sp³-hybridized carbons (Fsp3) is 0.452. The smallest absolute Gasteiger partial charge is 1.00 e. The predicted octanol–water partition coefficient (Wildman–Crippen LogP) is 0.753. The van der Waals surface area contributed by atoms with E-state index in [1.165, 1.54) is 33.6 Å². The monoisotopic (exact) mass is 689 g/mol. The molecule has 38 heavy (non-hydrogen) atoms. The van der Waals surface area contributed by atoms with E-state index in [0.717, 1.165) is 70.5 Å². The average molecular weight is 691 g/mol. The predicted molar refractivity (Wildman–Crippen MR) is 152 cm³/mol. The quantitative estimate of drug-likeness (QED) is 0.231. The standard InChI is InChI=1S/C31H44N4.2BrH.Co/c1-5-25-14-11-15-26(6-2)30(25)33-20-13-22-35(24-29-18-9-10-19-32-29)23-21-34-31-27(7-3)16-12-17-28(31)8-4;;;/h9-12,14-19,33-34H,5-8,13,20-24H2,1-4H3;2*1H;/q;;;+2/p-2. The zero-order valence-corrected chi connectivity index (χ0v) is 27.5. The Morgan fingerprint density at radius 3 is 1.58 bits per heavy atom. The minimum Gasteiger partial charge on any atom is -1.00 e. The van der Waals surface area contributed by atoms with Crippen molar-refractivity contribution in [3.8, 4) is 0 Å². The first-order chi connectivity index (χ1) is 17.2. The topological polar surface area (TPSA) is 40.2 Å². The number of nitrogens with one attached hydrogen (secondary N) is 2. The van der Waals surface area contributed by atoms with E-state index >= 15 is 0 Å². The minimum absolute atomic E-state index is 0. The summed E-state index contributed by atoms with van der Waals surface area (Å²) in [5.74, 6) is 0. The van der Waals surface area contributed by atoms with Crippen molar-refractivity contribution >= 4 is 11.4 Å². The SMILES string of the molecule is CCc1cccc(CC)c1NCCCN(CCNc1c(CC)cccc1CC)Cc1ccccn1.[Br-].[Br-].[Co+2]. The molecule has 1 radical (unpaired) electrons. The van der Waals surface area contributed by atoms with E-state index in [1.54, 1.807) is 0 Å². The zero-order chi connectivity index (χ0) is 24.9. The maximum Gasteiger partial charge on any atom is 2.00 e. The Morgan fingerprint density at radius 2 is 1.13 bits per heavy atom. The second-order valence-electron chi connectivity index (χ2n) is 9.12. The molecule has 4 nitrogen and oxygen atoms in total. The van der Waals surface area contributed by atoms with E-state index in [1.807, 2.05) is 12.3 Å². The summed E-state index contributed by atoms with van der Waals surface area (Å²) >= 11 is 0. The first-order valence-corrected chi connectivity index (χ1v) is 13.5. The first kappa shape index (κ1) is 36.6. The molecule has 0 amide bonds. The van der Waals surface area contributed by atoms with Crippen LogP contribution in [0.25, 0.3) is 0 Å². The molecule has 0 aliphatic carbocycles. The van der Waals surface area contributed by atoms with Gasteiger partial charge in [-0.05, 0) is 66.5 Å². The molecular weight excluding hydrogens is 647 g/mol. The van der Waals surface area contributed by atoms with Crippen LogP contribution in [-0.2, 0) is 49.0 Å². The van der Waals surface area contributed by atoms with E-state index in [2.05, 4.69) is 96.7 Å². The van der Waals surface area contributed by atoms with Crippen molar-refractivity contribution in [2.45, 2.75) is 66.3 Å². The van der Waals surface area contributed by atoms with E-state index in [4.69, 9.17) is 0 Å². The van der Waals surface area contributed by atoms with Gasteiger partial charge in [0.2, 0.25) is 0 Å². The molecule has 0 bridgehead atoms. The number of halogens is 2. The molecule has 0 atom stereocenters. The van der Waals surface area contributed by atoms with Gasteiger partial charge in [-0.3, -0.25) is 9.88 Å². The summed E-state index contributed by atoms with van der Waals surface area (Å²) in [6.07, 6.45) is 7.22. The molecule has 211 valence electrons. The number of para-hydroxylation sites is 2. The zero-order valence-electron chi connectivity index (χ0n) is 23.3. The summed E-state index contributed by atoms with van der Waals surface area (Å²) in [5, 5.41) is 7.53. The number of nitrogens with zero attached hydrogens (tertiary/aromatic N) is 2. The van der Waals surface area contributed by atoms with Crippen LogP contribution in [0.5, 0.6) is 0 Å². The number of aromatic nitrogens is 1. The van der Waals surface area contributed by atoms with Crippen molar-refractivity contribution in [3.05, 3.63) is 88.7 Å². The van der Waals surface area contributed by atoms with Gasteiger partial charge in [-0.25, -0.2) is 0 Å². The summed E-state index contributed by atoms with van der Waals surface area (Å²) in [6.45, 7) is 13.8. The Balaban J connectivity index is 0.00000456. The number of pyridine rings is 1. The summed E-state index contributed by atoms with van der Waals surface area (Å²) in [4.78, 5) is 7.11. The second kappa shape index (κ2) is 20.5. The number of anilines is 2. The molecule has 0 saturated heterocycles. The van der Waals surface area contributed by atoms with Crippen LogP contribution in [-0.4, -0.2) is 36.1 Å². The molecule has 0 fully saturated rings. The van der Waals surface area contributed by atoms with Gasteiger partial charge in [0.05, 0.1) is 5.69 Å². The number of hydrogen-bond donors (Lipinski definition) is 2. The van der Waals surface area contributed by atoms with E-state index < -0.39 is 0 Å². The Labute approximate surface area is 262 Å². The van der Waals surface area contributed by atoms with Gasteiger partial charge < -0.3 is 44.6 Å². The van der Waals surface area contributed by atoms with Crippen molar-refractivity contribution in [2.24, 2.45) is 0 Å². The third kappa shape index (κ3) is 11.0. The minimum atomic E-state index is 0. The van der Waals surface area contributed by atoms with Crippen molar-refractivity contribution in [2.75, 3.05) is 36.8 Å². The Kier molecular flexibility index (Phi) is 19.8. The van der Waals surface area contributed by atoms with E-state index in [9.17, 15) is 0 Å². The molecule has 1 heterocycles. The molecule has 0 spiro atoms. The molecule has 1 aromatic heterocycles. The van der Waals surface area contributed by atoms with Crippen LogP contribution in [0.1, 0.15) is 62.1 Å². The van der Waals surface area contributed by atoms with Gasteiger partial charge >= 0.3 is 16.8 Å².